The number of anilines is 1. The summed E-state index contributed by atoms with van der Waals surface area (Å²) >= 11 is 1.29. The average Bonchev–Trinajstić information content (AvgIpc) is 2.74. The van der Waals surface area contributed by atoms with E-state index in [0.29, 0.717) is 23.5 Å². The van der Waals surface area contributed by atoms with E-state index >= 15 is 0 Å². The van der Waals surface area contributed by atoms with Crippen LogP contribution >= 0.6 is 11.3 Å². The van der Waals surface area contributed by atoms with Crippen molar-refractivity contribution in [3.63, 3.8) is 0 Å². The maximum Gasteiger partial charge on any atom is 0.267 e. The summed E-state index contributed by atoms with van der Waals surface area (Å²) in [5, 5.41) is 3.37. The van der Waals surface area contributed by atoms with E-state index in [1.807, 2.05) is 0 Å². The van der Waals surface area contributed by atoms with Gasteiger partial charge in [-0.2, -0.15) is 0 Å². The summed E-state index contributed by atoms with van der Waals surface area (Å²) in [4.78, 5) is 16.8. The molecule has 0 radical (unpaired) electrons. The molecule has 0 saturated carbocycles. The van der Waals surface area contributed by atoms with Crippen LogP contribution in [-0.4, -0.2) is 17.4 Å². The number of halogens is 1. The van der Waals surface area contributed by atoms with Crippen LogP contribution < -0.4 is 11.1 Å². The molecule has 0 saturated heterocycles. The number of nitrogens with two attached hydrogens (primary N) is 1. The lowest BCUT2D eigenvalue weighted by Crippen LogP contribution is -2.12. The number of amides is 1. The van der Waals surface area contributed by atoms with Crippen LogP contribution in [0.15, 0.2) is 24.3 Å². The minimum Gasteiger partial charge on any atom is -0.330 e. The van der Waals surface area contributed by atoms with E-state index in [1.54, 1.807) is 19.1 Å². The molecule has 1 aromatic carbocycles. The number of thiazole rings is 1. The van der Waals surface area contributed by atoms with Crippen molar-refractivity contribution in [3.8, 4) is 0 Å². The van der Waals surface area contributed by atoms with Crippen molar-refractivity contribution in [2.75, 3.05) is 11.9 Å². The fourth-order valence-electron chi connectivity index (χ4n) is 1.64. The minimum atomic E-state index is -0.458. The monoisotopic (exact) mass is 279 g/mol. The van der Waals surface area contributed by atoms with Gasteiger partial charge in [0.2, 0.25) is 0 Å². The number of nitrogens with one attached hydrogen (secondary N) is 1. The molecule has 2 aromatic rings. The molecule has 6 heteroatoms. The number of benzene rings is 1. The van der Waals surface area contributed by atoms with Gasteiger partial charge in [-0.3, -0.25) is 4.79 Å². The zero-order valence-corrected chi connectivity index (χ0v) is 11.3. The summed E-state index contributed by atoms with van der Waals surface area (Å²) in [6.07, 6.45) is 0.637. The third-order valence-electron chi connectivity index (χ3n) is 2.53. The lowest BCUT2D eigenvalue weighted by Gasteiger charge is -2.04. The van der Waals surface area contributed by atoms with Gasteiger partial charge in [-0.05, 0) is 25.6 Å². The highest BCUT2D eigenvalue weighted by Gasteiger charge is 2.16. The molecule has 4 nitrogen and oxygen atoms in total. The normalized spacial score (nSPS) is 10.5. The Labute approximate surface area is 114 Å². The summed E-state index contributed by atoms with van der Waals surface area (Å²) in [5.41, 5.74) is 6.26. The zero-order chi connectivity index (χ0) is 13.8. The minimum absolute atomic E-state index is 0.167. The first-order valence-corrected chi connectivity index (χ1v) is 6.65. The molecular formula is C13H14FN3OS. The molecule has 19 heavy (non-hydrogen) atoms. The number of carbonyl (C=O) groups is 1. The SMILES string of the molecule is Cc1nc(CCN)sc1C(=O)Nc1ccccc1F. The number of aromatic nitrogens is 1. The van der Waals surface area contributed by atoms with Crippen LogP contribution in [0.2, 0.25) is 0 Å². The van der Waals surface area contributed by atoms with E-state index in [-0.39, 0.29) is 11.6 Å². The third-order valence-corrected chi connectivity index (χ3v) is 3.74. The van der Waals surface area contributed by atoms with E-state index in [2.05, 4.69) is 10.3 Å². The molecule has 0 spiro atoms. The molecule has 0 unspecified atom stereocenters. The second kappa shape index (κ2) is 5.90. The fraction of sp³-hybridized carbons (Fsp3) is 0.231. The van der Waals surface area contributed by atoms with Crippen molar-refractivity contribution in [1.29, 1.82) is 0 Å². The third kappa shape index (κ3) is 3.15. The van der Waals surface area contributed by atoms with Crippen LogP contribution in [-0.2, 0) is 6.42 Å². The van der Waals surface area contributed by atoms with Crippen molar-refractivity contribution in [2.45, 2.75) is 13.3 Å². The first kappa shape index (κ1) is 13.6. The molecule has 3 N–H and O–H groups in total. The van der Waals surface area contributed by atoms with E-state index in [4.69, 9.17) is 5.73 Å². The standard InChI is InChI=1S/C13H14FN3OS/c1-8-12(19-11(16-8)6-7-15)13(18)17-10-5-3-2-4-9(10)14/h2-5H,6-7,15H2,1H3,(H,17,18). The lowest BCUT2D eigenvalue weighted by atomic mass is 10.3. The summed E-state index contributed by atoms with van der Waals surface area (Å²) in [6, 6.07) is 6.06. The average molecular weight is 279 g/mol. The van der Waals surface area contributed by atoms with Gasteiger partial charge >= 0.3 is 0 Å². The van der Waals surface area contributed by atoms with Crippen molar-refractivity contribution in [1.82, 2.24) is 4.98 Å². The second-order valence-electron chi connectivity index (χ2n) is 3.99. The van der Waals surface area contributed by atoms with Gasteiger partial charge in [0.1, 0.15) is 10.7 Å². The summed E-state index contributed by atoms with van der Waals surface area (Å²) in [5.74, 6) is -0.802. The number of hydrogen-bond donors (Lipinski definition) is 2. The molecule has 0 fully saturated rings. The molecule has 1 heterocycles. The van der Waals surface area contributed by atoms with Crippen LogP contribution in [0.1, 0.15) is 20.4 Å². The largest absolute Gasteiger partial charge is 0.330 e. The molecule has 1 amide bonds. The van der Waals surface area contributed by atoms with Gasteiger partial charge in [-0.25, -0.2) is 9.37 Å². The van der Waals surface area contributed by atoms with Crippen LogP contribution in [0.3, 0.4) is 0 Å². The quantitative estimate of drug-likeness (QED) is 0.902. The predicted octanol–water partition coefficient (Wildman–Crippen LogP) is 2.34. The van der Waals surface area contributed by atoms with Crippen LogP contribution in [0.25, 0.3) is 0 Å². The highest BCUT2D eigenvalue weighted by molar-refractivity contribution is 7.13. The Morgan fingerprint density at radius 3 is 2.89 bits per heavy atom. The highest BCUT2D eigenvalue weighted by Crippen LogP contribution is 2.21. The summed E-state index contributed by atoms with van der Waals surface area (Å²) in [6.45, 7) is 2.24. The van der Waals surface area contributed by atoms with Crippen molar-refractivity contribution in [3.05, 3.63) is 45.7 Å². The lowest BCUT2D eigenvalue weighted by molar-refractivity contribution is 0.102. The van der Waals surface area contributed by atoms with Gasteiger partial charge in [0.15, 0.2) is 0 Å². The van der Waals surface area contributed by atoms with Crippen molar-refractivity contribution in [2.24, 2.45) is 5.73 Å². The zero-order valence-electron chi connectivity index (χ0n) is 10.4. The summed E-state index contributed by atoms with van der Waals surface area (Å²) < 4.78 is 13.4. The number of para-hydroxylation sites is 1. The molecule has 100 valence electrons. The van der Waals surface area contributed by atoms with Crippen LogP contribution in [0.5, 0.6) is 0 Å². The van der Waals surface area contributed by atoms with Gasteiger partial charge in [0.05, 0.1) is 16.4 Å². The highest BCUT2D eigenvalue weighted by atomic mass is 32.1. The molecule has 0 bridgehead atoms. The number of rotatable bonds is 4. The Hall–Kier alpha value is -1.79. The van der Waals surface area contributed by atoms with E-state index in [1.165, 1.54) is 23.5 Å². The molecule has 2 rings (SSSR count). The predicted molar refractivity (Wildman–Crippen MR) is 74.0 cm³/mol. The molecular weight excluding hydrogens is 265 g/mol. The number of nitrogens with zero attached hydrogens (tertiary/aromatic N) is 1. The number of aryl methyl sites for hydroxylation is 1. The summed E-state index contributed by atoms with van der Waals surface area (Å²) in [7, 11) is 0. The maximum absolute atomic E-state index is 13.4. The van der Waals surface area contributed by atoms with Gasteiger partial charge < -0.3 is 11.1 Å². The topological polar surface area (TPSA) is 68.0 Å². The smallest absolute Gasteiger partial charge is 0.267 e. The van der Waals surface area contributed by atoms with Gasteiger partial charge in [-0.15, -0.1) is 11.3 Å². The molecule has 0 aliphatic carbocycles. The molecule has 1 aromatic heterocycles. The Morgan fingerprint density at radius 1 is 1.47 bits per heavy atom. The molecule has 0 aliphatic heterocycles. The number of carbonyl (C=O) groups excluding carboxylic acids is 1. The molecule has 0 aliphatic rings. The van der Waals surface area contributed by atoms with Gasteiger partial charge in [0, 0.05) is 6.42 Å². The Bertz CT molecular complexity index is 597. The first-order valence-electron chi connectivity index (χ1n) is 5.84. The van der Waals surface area contributed by atoms with E-state index < -0.39 is 5.82 Å². The second-order valence-corrected chi connectivity index (χ2v) is 5.08. The van der Waals surface area contributed by atoms with Crippen molar-refractivity contribution >= 4 is 22.9 Å². The number of hydrogen-bond acceptors (Lipinski definition) is 4. The Balaban J connectivity index is 2.18. The van der Waals surface area contributed by atoms with E-state index in [0.717, 1.165) is 5.01 Å². The molecule has 0 atom stereocenters. The van der Waals surface area contributed by atoms with E-state index in [9.17, 15) is 9.18 Å². The first-order chi connectivity index (χ1) is 9.11. The maximum atomic E-state index is 13.4. The van der Waals surface area contributed by atoms with Crippen LogP contribution in [0, 0.1) is 12.7 Å². The van der Waals surface area contributed by atoms with Gasteiger partial charge in [0.25, 0.3) is 5.91 Å². The van der Waals surface area contributed by atoms with Crippen molar-refractivity contribution < 1.29 is 9.18 Å². The fourth-order valence-corrected chi connectivity index (χ4v) is 2.61. The Morgan fingerprint density at radius 2 is 2.21 bits per heavy atom. The Kier molecular flexibility index (Phi) is 4.24. The van der Waals surface area contributed by atoms with Gasteiger partial charge in [-0.1, -0.05) is 12.1 Å². The van der Waals surface area contributed by atoms with Crippen LogP contribution in [0.4, 0.5) is 10.1 Å².